The molecule has 4 fully saturated rings. The topological polar surface area (TPSA) is 61.8 Å². The molecule has 0 aromatic carbocycles. The van der Waals surface area contributed by atoms with Gasteiger partial charge in [0.2, 0.25) is 0 Å². The average Bonchev–Trinajstić information content (AvgIpc) is 2.92. The van der Waals surface area contributed by atoms with Crippen LogP contribution >= 0.6 is 0 Å². The molecule has 0 N–H and O–H groups in total. The minimum absolute atomic E-state index is 0.0103. The van der Waals surface area contributed by atoms with Gasteiger partial charge in [0.15, 0.2) is 0 Å². The molecule has 5 nitrogen and oxygen atoms in total. The molecule has 4 aliphatic rings. The van der Waals surface area contributed by atoms with Crippen LogP contribution in [0, 0.1) is 29.6 Å². The highest BCUT2D eigenvalue weighted by Gasteiger charge is 2.63. The molecule has 0 radical (unpaired) electrons. The van der Waals surface area contributed by atoms with Gasteiger partial charge >= 0.3 is 5.97 Å². The number of hydrogen-bond acceptors (Lipinski definition) is 5. The van der Waals surface area contributed by atoms with Crippen molar-refractivity contribution in [2.24, 2.45) is 29.6 Å². The smallest absolute Gasteiger partial charge is 0.302 e. The number of carbonyl (C=O) groups excluding carboxylic acids is 2. The van der Waals surface area contributed by atoms with Crippen molar-refractivity contribution in [2.45, 2.75) is 83.7 Å². The summed E-state index contributed by atoms with van der Waals surface area (Å²) in [6.45, 7) is 8.86. The van der Waals surface area contributed by atoms with E-state index in [0.717, 1.165) is 25.9 Å². The van der Waals surface area contributed by atoms with E-state index in [1.165, 1.54) is 6.92 Å². The summed E-state index contributed by atoms with van der Waals surface area (Å²) >= 11 is 0. The van der Waals surface area contributed by atoms with E-state index in [-0.39, 0.29) is 47.5 Å². The van der Waals surface area contributed by atoms with Crippen LogP contribution in [-0.4, -0.2) is 42.3 Å². The molecule has 1 saturated carbocycles. The maximum absolute atomic E-state index is 12.5. The summed E-state index contributed by atoms with van der Waals surface area (Å²) in [5.41, 5.74) is -0.355. The zero-order valence-corrected chi connectivity index (χ0v) is 16.4. The number of fused-ring (bicyclic) bond motifs is 2. The van der Waals surface area contributed by atoms with Gasteiger partial charge in [-0.1, -0.05) is 13.8 Å². The van der Waals surface area contributed by atoms with Crippen molar-refractivity contribution in [1.29, 1.82) is 0 Å². The Balaban J connectivity index is 1.78. The van der Waals surface area contributed by atoms with Crippen LogP contribution in [0.4, 0.5) is 0 Å². The molecule has 0 aromatic heterocycles. The zero-order valence-electron chi connectivity index (χ0n) is 16.4. The predicted octanol–water partition coefficient (Wildman–Crippen LogP) is 3.14. The number of esters is 1. The van der Waals surface area contributed by atoms with Gasteiger partial charge in [0.25, 0.3) is 0 Å². The van der Waals surface area contributed by atoms with Crippen molar-refractivity contribution in [1.82, 2.24) is 0 Å². The predicted molar refractivity (Wildman–Crippen MR) is 95.5 cm³/mol. The molecule has 3 saturated heterocycles. The molecule has 0 spiro atoms. The molecular formula is C21H32O5. The second kappa shape index (κ2) is 6.59. The van der Waals surface area contributed by atoms with Gasteiger partial charge < -0.3 is 14.2 Å². The quantitative estimate of drug-likeness (QED) is 0.669. The Labute approximate surface area is 156 Å². The summed E-state index contributed by atoms with van der Waals surface area (Å²) in [6.07, 6.45) is 3.46. The molecule has 1 aliphatic carbocycles. The van der Waals surface area contributed by atoms with E-state index in [2.05, 4.69) is 20.8 Å². The molecule has 4 rings (SSSR count). The standard InChI is InChI=1S/C21H32O5/c1-11-8-15-12(2)10-24-21(4)7-5-6-14(23)9-16-18(17(15)20(21)26-16)19(11)25-13(3)22/h11-12,15-20H,5-10H2,1-4H3/t11-,12+,15+,16+,17+,18+,19-,20+,21+/m1/s1. The van der Waals surface area contributed by atoms with Crippen molar-refractivity contribution < 1.29 is 23.8 Å². The lowest BCUT2D eigenvalue weighted by Gasteiger charge is -2.46. The second-order valence-electron chi connectivity index (χ2n) is 9.40. The maximum atomic E-state index is 12.5. The summed E-state index contributed by atoms with van der Waals surface area (Å²) in [7, 11) is 0. The van der Waals surface area contributed by atoms with E-state index in [4.69, 9.17) is 14.2 Å². The summed E-state index contributed by atoms with van der Waals surface area (Å²) in [4.78, 5) is 24.3. The largest absolute Gasteiger partial charge is 0.462 e. The number of rotatable bonds is 1. The molecule has 2 bridgehead atoms. The van der Waals surface area contributed by atoms with Gasteiger partial charge in [0, 0.05) is 25.7 Å². The number of ether oxygens (including phenoxy) is 3. The van der Waals surface area contributed by atoms with Gasteiger partial charge in [-0.05, 0) is 49.9 Å². The summed E-state index contributed by atoms with van der Waals surface area (Å²) in [5, 5.41) is 0. The number of hydrogen-bond donors (Lipinski definition) is 0. The van der Waals surface area contributed by atoms with E-state index in [1.807, 2.05) is 0 Å². The lowest BCUT2D eigenvalue weighted by Crippen LogP contribution is -2.52. The third-order valence-electron chi connectivity index (χ3n) is 7.49. The molecule has 3 heterocycles. The van der Waals surface area contributed by atoms with Gasteiger partial charge in [0.1, 0.15) is 11.9 Å². The van der Waals surface area contributed by atoms with Crippen molar-refractivity contribution in [2.75, 3.05) is 6.61 Å². The summed E-state index contributed by atoms with van der Waals surface area (Å²) in [5.74, 6) is 1.65. The first-order chi connectivity index (χ1) is 12.3. The Kier molecular flexibility index (Phi) is 4.67. The minimum atomic E-state index is -0.355. The van der Waals surface area contributed by atoms with Crippen LogP contribution < -0.4 is 0 Å². The zero-order chi connectivity index (χ0) is 18.6. The van der Waals surface area contributed by atoms with Gasteiger partial charge in [-0.25, -0.2) is 0 Å². The molecule has 0 aromatic rings. The molecule has 9 atom stereocenters. The Morgan fingerprint density at radius 2 is 2.00 bits per heavy atom. The number of carbonyl (C=O) groups is 2. The van der Waals surface area contributed by atoms with E-state index in [9.17, 15) is 9.59 Å². The molecule has 5 heteroatoms. The van der Waals surface area contributed by atoms with Crippen LogP contribution in [0.1, 0.15) is 59.8 Å². The van der Waals surface area contributed by atoms with Crippen LogP contribution in [0.25, 0.3) is 0 Å². The average molecular weight is 364 g/mol. The van der Waals surface area contributed by atoms with Gasteiger partial charge in [-0.15, -0.1) is 0 Å². The number of ketones is 1. The fraction of sp³-hybridized carbons (Fsp3) is 0.905. The molecule has 0 unspecified atom stereocenters. The van der Waals surface area contributed by atoms with Crippen molar-refractivity contribution >= 4 is 11.8 Å². The number of Topliss-reactive ketones (excluding diaryl/α,β-unsaturated/α-hetero) is 1. The second-order valence-corrected chi connectivity index (χ2v) is 9.40. The van der Waals surface area contributed by atoms with Crippen molar-refractivity contribution in [3.63, 3.8) is 0 Å². The fourth-order valence-electron chi connectivity index (χ4n) is 6.30. The van der Waals surface area contributed by atoms with Crippen LogP contribution in [0.5, 0.6) is 0 Å². The molecule has 26 heavy (non-hydrogen) atoms. The lowest BCUT2D eigenvalue weighted by molar-refractivity contribution is -0.160. The van der Waals surface area contributed by atoms with E-state index < -0.39 is 0 Å². The highest BCUT2D eigenvalue weighted by molar-refractivity contribution is 5.79. The fourth-order valence-corrected chi connectivity index (χ4v) is 6.30. The maximum Gasteiger partial charge on any atom is 0.302 e. The Morgan fingerprint density at radius 3 is 2.73 bits per heavy atom. The van der Waals surface area contributed by atoms with Gasteiger partial charge in [-0.2, -0.15) is 0 Å². The highest BCUT2D eigenvalue weighted by atomic mass is 16.6. The van der Waals surface area contributed by atoms with E-state index in [1.54, 1.807) is 0 Å². The van der Waals surface area contributed by atoms with Crippen LogP contribution in [0.3, 0.4) is 0 Å². The molecule has 3 aliphatic heterocycles. The van der Waals surface area contributed by atoms with Crippen LogP contribution in [-0.2, 0) is 23.8 Å². The SMILES string of the molecule is CC(=O)O[C@H]1[C@@H]2[C@@H]3[C@@H](C[C@H]1C)[C@@H](C)CO[C@@]1(C)CCCC(=O)C[C@@H]2O[C@@H]31. The van der Waals surface area contributed by atoms with Gasteiger partial charge in [0.05, 0.1) is 24.4 Å². The first-order valence-electron chi connectivity index (χ1n) is 10.3. The van der Waals surface area contributed by atoms with Gasteiger partial charge in [-0.3, -0.25) is 9.59 Å². The summed E-state index contributed by atoms with van der Waals surface area (Å²) < 4.78 is 18.9. The minimum Gasteiger partial charge on any atom is -0.462 e. The Hall–Kier alpha value is -0.940. The Bertz CT molecular complexity index is 589. The monoisotopic (exact) mass is 364 g/mol. The van der Waals surface area contributed by atoms with Crippen molar-refractivity contribution in [3.05, 3.63) is 0 Å². The first kappa shape index (κ1) is 18.4. The van der Waals surface area contributed by atoms with Crippen LogP contribution in [0.2, 0.25) is 0 Å². The van der Waals surface area contributed by atoms with Crippen molar-refractivity contribution in [3.8, 4) is 0 Å². The highest BCUT2D eigenvalue weighted by Crippen LogP contribution is 2.57. The van der Waals surface area contributed by atoms with E-state index in [0.29, 0.717) is 30.6 Å². The Morgan fingerprint density at radius 1 is 1.23 bits per heavy atom. The lowest BCUT2D eigenvalue weighted by atomic mass is 9.59. The normalized spacial score (nSPS) is 51.0. The van der Waals surface area contributed by atoms with E-state index >= 15 is 0 Å². The third-order valence-corrected chi connectivity index (χ3v) is 7.49. The van der Waals surface area contributed by atoms with Crippen LogP contribution in [0.15, 0.2) is 0 Å². The first-order valence-corrected chi connectivity index (χ1v) is 10.3. The third kappa shape index (κ3) is 2.91. The molecular weight excluding hydrogens is 332 g/mol. The molecule has 0 amide bonds. The summed E-state index contributed by atoms with van der Waals surface area (Å²) in [6, 6.07) is 0. The molecule has 146 valence electrons.